The Bertz CT molecular complexity index is 976. The summed E-state index contributed by atoms with van der Waals surface area (Å²) in [6.07, 6.45) is 0.848. The van der Waals surface area contributed by atoms with Crippen LogP contribution in [-0.2, 0) is 9.53 Å². The van der Waals surface area contributed by atoms with Crippen LogP contribution in [0.15, 0.2) is 48.5 Å². The number of halogens is 1. The Balaban J connectivity index is 1.47. The minimum Gasteiger partial charge on any atom is -0.484 e. The van der Waals surface area contributed by atoms with E-state index in [0.29, 0.717) is 22.4 Å². The molecule has 0 atom stereocenters. The number of carbonyl (C=O) groups is 1. The molecular weight excluding hydrogens is 422 g/mol. The van der Waals surface area contributed by atoms with Gasteiger partial charge in [-0.1, -0.05) is 47.2 Å². The molecule has 1 amide bonds. The zero-order valence-electron chi connectivity index (χ0n) is 16.6. The van der Waals surface area contributed by atoms with Gasteiger partial charge in [-0.15, -0.1) is 0 Å². The molecule has 6 nitrogen and oxygen atoms in total. The molecular formula is C22H24ClN3O3S. The molecule has 158 valence electrons. The lowest BCUT2D eigenvalue weighted by Crippen LogP contribution is -2.40. The van der Waals surface area contributed by atoms with Gasteiger partial charge in [0.05, 0.1) is 22.9 Å². The van der Waals surface area contributed by atoms with Gasteiger partial charge in [0.1, 0.15) is 11.3 Å². The third kappa shape index (κ3) is 5.29. The van der Waals surface area contributed by atoms with E-state index in [1.54, 1.807) is 4.90 Å². The van der Waals surface area contributed by atoms with Crippen LogP contribution in [0.1, 0.15) is 6.42 Å². The second-order valence-electron chi connectivity index (χ2n) is 7.04. The molecule has 1 aliphatic rings. The number of fused-ring (bicyclic) bond motifs is 1. The highest BCUT2D eigenvalue weighted by Crippen LogP contribution is 2.33. The van der Waals surface area contributed by atoms with Crippen LogP contribution in [0.2, 0.25) is 5.02 Å². The first-order chi connectivity index (χ1) is 14.7. The van der Waals surface area contributed by atoms with Crippen molar-refractivity contribution < 1.29 is 14.3 Å². The van der Waals surface area contributed by atoms with Crippen LogP contribution in [0, 0.1) is 0 Å². The maximum atomic E-state index is 13.1. The Morgan fingerprint density at radius 1 is 1.17 bits per heavy atom. The second kappa shape index (κ2) is 10.2. The van der Waals surface area contributed by atoms with E-state index in [4.69, 9.17) is 21.1 Å². The lowest BCUT2D eigenvalue weighted by Gasteiger charge is -2.27. The fraction of sp³-hybridized carbons (Fsp3) is 0.364. The van der Waals surface area contributed by atoms with Gasteiger partial charge in [0, 0.05) is 26.2 Å². The molecule has 1 aromatic heterocycles. The van der Waals surface area contributed by atoms with Crippen molar-refractivity contribution in [1.82, 2.24) is 9.88 Å². The van der Waals surface area contributed by atoms with Crippen LogP contribution in [0.25, 0.3) is 10.2 Å². The third-order valence-corrected chi connectivity index (χ3v) is 6.30. The number of nitrogens with zero attached hydrogens (tertiary/aromatic N) is 3. The molecule has 1 saturated heterocycles. The van der Waals surface area contributed by atoms with Crippen molar-refractivity contribution in [2.24, 2.45) is 0 Å². The fourth-order valence-corrected chi connectivity index (χ4v) is 4.67. The van der Waals surface area contributed by atoms with Gasteiger partial charge in [-0.3, -0.25) is 14.6 Å². The number of morpholine rings is 1. The average molecular weight is 446 g/mol. The quantitative estimate of drug-likeness (QED) is 0.522. The van der Waals surface area contributed by atoms with E-state index >= 15 is 0 Å². The van der Waals surface area contributed by atoms with Crippen molar-refractivity contribution in [1.29, 1.82) is 0 Å². The number of aromatic nitrogens is 1. The molecule has 0 saturated carbocycles. The Labute approximate surface area is 185 Å². The molecule has 30 heavy (non-hydrogen) atoms. The normalized spacial score (nSPS) is 14.7. The van der Waals surface area contributed by atoms with Crippen LogP contribution in [0.3, 0.4) is 0 Å². The van der Waals surface area contributed by atoms with Gasteiger partial charge < -0.3 is 9.47 Å². The third-order valence-electron chi connectivity index (χ3n) is 4.96. The van der Waals surface area contributed by atoms with Crippen molar-refractivity contribution in [2.75, 3.05) is 50.9 Å². The van der Waals surface area contributed by atoms with Crippen LogP contribution < -0.4 is 9.64 Å². The second-order valence-corrected chi connectivity index (χ2v) is 8.45. The zero-order valence-corrected chi connectivity index (χ0v) is 18.2. The van der Waals surface area contributed by atoms with Gasteiger partial charge in [0.15, 0.2) is 11.7 Å². The van der Waals surface area contributed by atoms with Crippen LogP contribution in [-0.4, -0.2) is 61.8 Å². The topological polar surface area (TPSA) is 54.9 Å². The largest absolute Gasteiger partial charge is 0.484 e. The number of hydrogen-bond acceptors (Lipinski definition) is 6. The molecule has 1 fully saturated rings. The summed E-state index contributed by atoms with van der Waals surface area (Å²) in [5, 5.41) is 1.25. The van der Waals surface area contributed by atoms with Crippen LogP contribution in [0.4, 0.5) is 5.13 Å². The van der Waals surface area contributed by atoms with Gasteiger partial charge >= 0.3 is 0 Å². The van der Waals surface area contributed by atoms with Crippen molar-refractivity contribution in [3.8, 4) is 5.75 Å². The number of para-hydroxylation sites is 2. The highest BCUT2D eigenvalue weighted by atomic mass is 35.5. The van der Waals surface area contributed by atoms with Crippen molar-refractivity contribution in [3.05, 3.63) is 53.6 Å². The highest BCUT2D eigenvalue weighted by Gasteiger charge is 2.21. The van der Waals surface area contributed by atoms with E-state index in [1.165, 1.54) is 11.3 Å². The summed E-state index contributed by atoms with van der Waals surface area (Å²) >= 11 is 7.78. The molecule has 3 aromatic rings. The standard InChI is InChI=1S/C22H24ClN3O3S/c23-18-8-4-9-19-21(18)24-22(30-19)26(11-5-10-25-12-14-28-15-13-25)20(27)16-29-17-6-2-1-3-7-17/h1-4,6-9H,5,10-16H2. The zero-order chi connectivity index (χ0) is 20.8. The Morgan fingerprint density at radius 3 is 2.73 bits per heavy atom. The van der Waals surface area contributed by atoms with Gasteiger partial charge in [0.25, 0.3) is 5.91 Å². The summed E-state index contributed by atoms with van der Waals surface area (Å²) in [5.74, 6) is 0.558. The number of anilines is 1. The lowest BCUT2D eigenvalue weighted by molar-refractivity contribution is -0.120. The Morgan fingerprint density at radius 2 is 1.97 bits per heavy atom. The molecule has 0 N–H and O–H groups in total. The Hall–Kier alpha value is -2.19. The number of hydrogen-bond donors (Lipinski definition) is 0. The summed E-state index contributed by atoms with van der Waals surface area (Å²) in [6.45, 7) is 4.85. The van der Waals surface area contributed by atoms with E-state index in [1.807, 2.05) is 48.5 Å². The molecule has 0 aliphatic carbocycles. The molecule has 0 radical (unpaired) electrons. The van der Waals surface area contributed by atoms with Crippen molar-refractivity contribution >= 4 is 44.2 Å². The first-order valence-electron chi connectivity index (χ1n) is 10.0. The van der Waals surface area contributed by atoms with E-state index in [0.717, 1.165) is 49.5 Å². The molecule has 2 aromatic carbocycles. The maximum absolute atomic E-state index is 13.1. The lowest BCUT2D eigenvalue weighted by atomic mass is 10.3. The summed E-state index contributed by atoms with van der Waals surface area (Å²) in [6, 6.07) is 15.1. The monoisotopic (exact) mass is 445 g/mol. The number of carbonyl (C=O) groups excluding carboxylic acids is 1. The van der Waals surface area contributed by atoms with Crippen LogP contribution in [0.5, 0.6) is 5.75 Å². The first kappa shape index (κ1) is 21.1. The SMILES string of the molecule is O=C(COc1ccccc1)N(CCCN1CCOCC1)c1nc2c(Cl)cccc2s1. The minimum absolute atomic E-state index is 0.0365. The number of amides is 1. The van der Waals surface area contributed by atoms with E-state index < -0.39 is 0 Å². The minimum atomic E-state index is -0.115. The molecule has 0 spiro atoms. The van der Waals surface area contributed by atoms with E-state index in [9.17, 15) is 4.79 Å². The predicted octanol–water partition coefficient (Wildman–Crippen LogP) is 4.08. The average Bonchev–Trinajstić information content (AvgIpc) is 3.22. The number of benzene rings is 2. The summed E-state index contributed by atoms with van der Waals surface area (Å²) in [4.78, 5) is 21.8. The summed E-state index contributed by atoms with van der Waals surface area (Å²) in [5.41, 5.74) is 0.731. The predicted molar refractivity (Wildman–Crippen MR) is 121 cm³/mol. The summed E-state index contributed by atoms with van der Waals surface area (Å²) in [7, 11) is 0. The highest BCUT2D eigenvalue weighted by molar-refractivity contribution is 7.22. The molecule has 8 heteroatoms. The van der Waals surface area contributed by atoms with Crippen LogP contribution >= 0.6 is 22.9 Å². The number of ether oxygens (including phenoxy) is 2. The van der Waals surface area contributed by atoms with E-state index in [-0.39, 0.29) is 12.5 Å². The molecule has 1 aliphatic heterocycles. The van der Waals surface area contributed by atoms with Crippen molar-refractivity contribution in [2.45, 2.75) is 6.42 Å². The number of thiazole rings is 1. The Kier molecular flexibility index (Phi) is 7.17. The fourth-order valence-electron chi connectivity index (χ4n) is 3.36. The van der Waals surface area contributed by atoms with Crippen molar-refractivity contribution in [3.63, 3.8) is 0 Å². The van der Waals surface area contributed by atoms with Gasteiger partial charge in [-0.05, 0) is 30.7 Å². The van der Waals surface area contributed by atoms with Gasteiger partial charge in [-0.2, -0.15) is 0 Å². The van der Waals surface area contributed by atoms with Gasteiger partial charge in [0.2, 0.25) is 0 Å². The van der Waals surface area contributed by atoms with E-state index in [2.05, 4.69) is 9.88 Å². The molecule has 0 bridgehead atoms. The molecule has 2 heterocycles. The molecule has 4 rings (SSSR count). The number of rotatable bonds is 8. The maximum Gasteiger partial charge on any atom is 0.266 e. The smallest absolute Gasteiger partial charge is 0.266 e. The first-order valence-corrected chi connectivity index (χ1v) is 11.2. The molecule has 0 unspecified atom stereocenters. The van der Waals surface area contributed by atoms with Gasteiger partial charge in [-0.25, -0.2) is 4.98 Å². The summed E-state index contributed by atoms with van der Waals surface area (Å²) < 4.78 is 12.1.